The zero-order chi connectivity index (χ0) is 31.6. The molecule has 2 heterocycles. The highest BCUT2D eigenvalue weighted by Gasteiger charge is 2.47. The predicted octanol–water partition coefficient (Wildman–Crippen LogP) is 4.38. The molecule has 0 aromatic heterocycles. The second kappa shape index (κ2) is 12.7. The van der Waals surface area contributed by atoms with E-state index < -0.39 is 34.2 Å². The minimum Gasteiger partial charge on any atom is -0.351 e. The Balaban J connectivity index is 1.37. The Morgan fingerprint density at radius 1 is 1.09 bits per heavy atom. The highest BCUT2D eigenvalue weighted by atomic mass is 32.2. The molecule has 2 aromatic rings. The van der Waals surface area contributed by atoms with Crippen LogP contribution in [0.2, 0.25) is 0 Å². The maximum absolute atomic E-state index is 13.3. The second-order valence-corrected chi connectivity index (χ2v) is 13.5. The van der Waals surface area contributed by atoms with Crippen LogP contribution in [-0.2, 0) is 27.7 Å². The van der Waals surface area contributed by atoms with Crippen molar-refractivity contribution in [2.75, 3.05) is 30.8 Å². The lowest BCUT2D eigenvalue weighted by atomic mass is 9.89. The largest absolute Gasteiger partial charge is 0.389 e. The number of primary amides is 1. The molecule has 4 rings (SSSR count). The first-order valence-electron chi connectivity index (χ1n) is 14.3. The number of halogens is 3. The van der Waals surface area contributed by atoms with Crippen molar-refractivity contribution in [1.29, 1.82) is 0 Å². The smallest absolute Gasteiger partial charge is 0.351 e. The average molecular weight is 622 g/mol. The molecule has 0 saturated carbocycles. The summed E-state index contributed by atoms with van der Waals surface area (Å²) in [4.78, 5) is 30.6. The molecule has 43 heavy (non-hydrogen) atoms. The molecule has 0 unspecified atom stereocenters. The molecule has 1 fully saturated rings. The molecule has 1 saturated heterocycles. The van der Waals surface area contributed by atoms with Crippen LogP contribution in [0.25, 0.3) is 0 Å². The van der Waals surface area contributed by atoms with Gasteiger partial charge in [0.1, 0.15) is 11.4 Å². The van der Waals surface area contributed by atoms with Crippen LogP contribution in [0, 0.1) is 13.8 Å². The number of sulfonamides is 1. The molecule has 1 spiro atoms. The summed E-state index contributed by atoms with van der Waals surface area (Å²) in [6.45, 7) is 4.06. The Kier molecular flexibility index (Phi) is 9.55. The molecule has 0 bridgehead atoms. The number of carbonyl (C=O) groups is 2. The maximum atomic E-state index is 13.3. The van der Waals surface area contributed by atoms with Gasteiger partial charge in [-0.05, 0) is 92.8 Å². The minimum absolute atomic E-state index is 0.0496. The highest BCUT2D eigenvalue weighted by molar-refractivity contribution is 7.89. The van der Waals surface area contributed by atoms with E-state index >= 15 is 0 Å². The highest BCUT2D eigenvalue weighted by Crippen LogP contribution is 2.33. The van der Waals surface area contributed by atoms with Gasteiger partial charge in [0.15, 0.2) is 0 Å². The number of carbonyl (C=O) groups excluding carboxylic acids is 2. The van der Waals surface area contributed by atoms with Crippen molar-refractivity contribution >= 4 is 33.5 Å². The SMILES string of the molecule is Cc1cc(N(C)C(N)=O)cc(C)c1CCS(=O)(=O)N1CCC2(CC1)N=C(c1cccc(CCCCC(F)(F)F)c1)NC2=O. The zero-order valence-electron chi connectivity index (χ0n) is 24.6. The van der Waals surface area contributed by atoms with Crippen molar-refractivity contribution in [3.63, 3.8) is 0 Å². The van der Waals surface area contributed by atoms with E-state index in [1.54, 1.807) is 19.2 Å². The molecular weight excluding hydrogens is 583 g/mol. The lowest BCUT2D eigenvalue weighted by Crippen LogP contribution is -2.50. The Bertz CT molecular complexity index is 1490. The first-order chi connectivity index (χ1) is 20.1. The van der Waals surface area contributed by atoms with Crippen molar-refractivity contribution in [2.24, 2.45) is 10.7 Å². The van der Waals surface area contributed by atoms with Crippen LogP contribution < -0.4 is 16.0 Å². The number of nitrogens with one attached hydrogen (secondary N) is 1. The fraction of sp³-hybridized carbons (Fsp3) is 0.500. The molecule has 2 aliphatic heterocycles. The van der Waals surface area contributed by atoms with Gasteiger partial charge in [0.25, 0.3) is 5.91 Å². The van der Waals surface area contributed by atoms with Gasteiger partial charge < -0.3 is 11.1 Å². The predicted molar refractivity (Wildman–Crippen MR) is 160 cm³/mol. The van der Waals surface area contributed by atoms with Crippen molar-refractivity contribution in [3.05, 3.63) is 64.2 Å². The molecule has 2 aromatic carbocycles. The van der Waals surface area contributed by atoms with Gasteiger partial charge in [0.2, 0.25) is 10.0 Å². The third kappa shape index (κ3) is 7.74. The van der Waals surface area contributed by atoms with Crippen LogP contribution in [0.4, 0.5) is 23.7 Å². The number of hydrogen-bond acceptors (Lipinski definition) is 5. The van der Waals surface area contributed by atoms with E-state index in [2.05, 4.69) is 5.32 Å². The van der Waals surface area contributed by atoms with Gasteiger partial charge in [0, 0.05) is 37.8 Å². The van der Waals surface area contributed by atoms with E-state index in [0.29, 0.717) is 36.3 Å². The number of unbranched alkanes of at least 4 members (excludes halogenated alkanes) is 1. The summed E-state index contributed by atoms with van der Waals surface area (Å²) in [5.74, 6) is 0.0283. The molecular formula is C30H38F3N5O4S. The Hall–Kier alpha value is -3.45. The van der Waals surface area contributed by atoms with Crippen molar-refractivity contribution in [3.8, 4) is 0 Å². The number of piperidine rings is 1. The van der Waals surface area contributed by atoms with E-state index in [1.165, 1.54) is 9.21 Å². The third-order valence-corrected chi connectivity index (χ3v) is 10.2. The lowest BCUT2D eigenvalue weighted by Gasteiger charge is -2.34. The van der Waals surface area contributed by atoms with Gasteiger partial charge in [-0.3, -0.25) is 14.7 Å². The molecule has 0 atom stereocenters. The van der Waals surface area contributed by atoms with Crippen molar-refractivity contribution in [1.82, 2.24) is 9.62 Å². The summed E-state index contributed by atoms with van der Waals surface area (Å²) in [5, 5.41) is 2.84. The number of nitrogens with two attached hydrogens (primary N) is 1. The molecule has 234 valence electrons. The van der Waals surface area contributed by atoms with E-state index in [9.17, 15) is 31.2 Å². The number of aliphatic imine (C=N–C) groups is 1. The molecule has 0 radical (unpaired) electrons. The summed E-state index contributed by atoms with van der Waals surface area (Å²) in [6.07, 6.45) is -3.26. The van der Waals surface area contributed by atoms with Crippen LogP contribution in [0.15, 0.2) is 41.4 Å². The van der Waals surface area contributed by atoms with Crippen molar-refractivity contribution < 1.29 is 31.2 Å². The number of anilines is 1. The molecule has 13 heteroatoms. The molecule has 3 amide bonds. The summed E-state index contributed by atoms with van der Waals surface area (Å²) >= 11 is 0. The van der Waals surface area contributed by atoms with E-state index in [4.69, 9.17) is 10.7 Å². The number of nitrogens with zero attached hydrogens (tertiary/aromatic N) is 3. The van der Waals surface area contributed by atoms with Crippen LogP contribution in [-0.4, -0.2) is 68.1 Å². The standard InChI is InChI=1S/C30H38F3N5O4S/c1-20-17-24(37(3)28(34)40)18-21(2)25(20)10-16-43(41,42)38-14-12-29(13-15-38)27(39)35-26(36-29)23-9-6-8-22(19-23)7-4-5-11-30(31,32)33/h6,8-9,17-19H,4-5,7,10-16H2,1-3H3,(H2,34,40)(H,35,36,39). The summed E-state index contributed by atoms with van der Waals surface area (Å²) in [5.41, 5.74) is 9.11. The van der Waals surface area contributed by atoms with Gasteiger partial charge in [-0.15, -0.1) is 0 Å². The average Bonchev–Trinajstić information content (AvgIpc) is 3.25. The van der Waals surface area contributed by atoms with E-state index in [-0.39, 0.29) is 44.0 Å². The fourth-order valence-electron chi connectivity index (χ4n) is 5.70. The molecule has 2 aliphatic rings. The zero-order valence-corrected chi connectivity index (χ0v) is 25.4. The minimum atomic E-state index is -4.16. The van der Waals surface area contributed by atoms with Crippen LogP contribution in [0.1, 0.15) is 59.9 Å². The van der Waals surface area contributed by atoms with Crippen LogP contribution >= 0.6 is 0 Å². The number of rotatable bonds is 10. The van der Waals surface area contributed by atoms with Crippen LogP contribution in [0.3, 0.4) is 0 Å². The first-order valence-corrected chi connectivity index (χ1v) is 15.9. The Morgan fingerprint density at radius 3 is 2.35 bits per heavy atom. The van der Waals surface area contributed by atoms with Gasteiger partial charge in [-0.1, -0.05) is 18.2 Å². The quantitative estimate of drug-likeness (QED) is 0.382. The monoisotopic (exact) mass is 621 g/mol. The van der Waals surface area contributed by atoms with Gasteiger partial charge in [0.05, 0.1) is 5.75 Å². The number of amidine groups is 1. The number of hydrogen-bond donors (Lipinski definition) is 2. The first kappa shape index (κ1) is 32.5. The second-order valence-electron chi connectivity index (χ2n) is 11.4. The summed E-state index contributed by atoms with van der Waals surface area (Å²) < 4.78 is 65.3. The number of alkyl halides is 3. The number of amides is 3. The van der Waals surface area contributed by atoms with E-state index in [1.807, 2.05) is 38.1 Å². The molecule has 0 aliphatic carbocycles. The van der Waals surface area contributed by atoms with Crippen LogP contribution in [0.5, 0.6) is 0 Å². The lowest BCUT2D eigenvalue weighted by molar-refractivity contribution is -0.135. The Labute approximate surface area is 250 Å². The van der Waals surface area contributed by atoms with Gasteiger partial charge >= 0.3 is 12.2 Å². The molecule has 9 nitrogen and oxygen atoms in total. The number of benzene rings is 2. The summed E-state index contributed by atoms with van der Waals surface area (Å²) in [6, 6.07) is 10.3. The topological polar surface area (TPSA) is 125 Å². The maximum Gasteiger partial charge on any atom is 0.389 e. The number of aryl methyl sites for hydroxylation is 3. The van der Waals surface area contributed by atoms with Crippen molar-refractivity contribution in [2.45, 2.75) is 70.5 Å². The van der Waals surface area contributed by atoms with Gasteiger partial charge in [-0.2, -0.15) is 13.2 Å². The summed E-state index contributed by atoms with van der Waals surface area (Å²) in [7, 11) is -2.04. The third-order valence-electron chi connectivity index (χ3n) is 8.31. The number of urea groups is 1. The normalized spacial score (nSPS) is 17.2. The van der Waals surface area contributed by atoms with E-state index in [0.717, 1.165) is 22.3 Å². The Morgan fingerprint density at radius 2 is 1.74 bits per heavy atom. The van der Waals surface area contributed by atoms with Gasteiger partial charge in [-0.25, -0.2) is 17.5 Å². The molecule has 3 N–H and O–H groups in total. The fourth-order valence-corrected chi connectivity index (χ4v) is 7.16.